The Hall–Kier alpha value is -4.93. The van der Waals surface area contributed by atoms with Crippen molar-refractivity contribution in [1.29, 1.82) is 0 Å². The number of hydrogen-bond acceptors (Lipinski definition) is 9. The van der Waals surface area contributed by atoms with E-state index in [-0.39, 0.29) is 18.0 Å². The quantitative estimate of drug-likeness (QED) is 0.206. The molecule has 1 saturated carbocycles. The highest BCUT2D eigenvalue weighted by molar-refractivity contribution is 5.78. The summed E-state index contributed by atoms with van der Waals surface area (Å²) in [5.41, 5.74) is 3.63. The zero-order valence-corrected chi connectivity index (χ0v) is 24.9. The number of pyridine rings is 1. The summed E-state index contributed by atoms with van der Waals surface area (Å²) in [6.45, 7) is 4.87. The standard InChI is InChI=1S/C33H35N7O4/c1-3-5-8-21-11-13-23(15-21)28-16-29(41)40(32(37-28)31-35-18-24(19-36-31)43-4-2)20-22-12-14-27(34-17-22)25-9-6-7-10-26(25)30-38-33(42)44-39-30/h6-7,9-10,12,14,16-19,21,23H,3-5,8,11,13,15,20H2,1-2H3,(H,38,39,42). The summed E-state index contributed by atoms with van der Waals surface area (Å²) in [7, 11) is 0. The lowest BCUT2D eigenvalue weighted by Gasteiger charge is -2.16. The molecule has 11 nitrogen and oxygen atoms in total. The van der Waals surface area contributed by atoms with E-state index in [1.165, 1.54) is 19.3 Å². The topological polar surface area (TPSA) is 142 Å². The van der Waals surface area contributed by atoms with Gasteiger partial charge in [-0.1, -0.05) is 61.7 Å². The molecular weight excluding hydrogens is 558 g/mol. The number of nitrogens with zero attached hydrogens (tertiary/aromatic N) is 6. The molecule has 1 aliphatic carbocycles. The van der Waals surface area contributed by atoms with Crippen molar-refractivity contribution in [3.8, 4) is 40.0 Å². The maximum absolute atomic E-state index is 13.7. The SMILES string of the molecule is CCCCC1CCC(c2cc(=O)n(Cc3ccc(-c4ccccc4-c4noc(=O)[nH]4)nc3)c(-c3ncc(OCC)cn3)n2)C1. The van der Waals surface area contributed by atoms with Crippen LogP contribution in [0.1, 0.15) is 69.5 Å². The number of hydrogen-bond donors (Lipinski definition) is 1. The molecule has 0 radical (unpaired) electrons. The Balaban J connectivity index is 1.32. The van der Waals surface area contributed by atoms with E-state index < -0.39 is 5.76 Å². The van der Waals surface area contributed by atoms with Crippen molar-refractivity contribution in [1.82, 2.24) is 34.6 Å². The van der Waals surface area contributed by atoms with E-state index in [2.05, 4.69) is 32.0 Å². The fourth-order valence-electron chi connectivity index (χ4n) is 5.95. The number of benzene rings is 1. The fourth-order valence-corrected chi connectivity index (χ4v) is 5.95. The summed E-state index contributed by atoms with van der Waals surface area (Å²) < 4.78 is 11.8. The number of rotatable bonds is 11. The molecule has 2 atom stereocenters. The molecule has 1 N–H and O–H groups in total. The first-order valence-corrected chi connectivity index (χ1v) is 15.2. The van der Waals surface area contributed by atoms with Crippen molar-refractivity contribution in [2.45, 2.75) is 64.8 Å². The van der Waals surface area contributed by atoms with Gasteiger partial charge in [-0.3, -0.25) is 23.9 Å². The molecule has 5 aromatic rings. The predicted molar refractivity (Wildman–Crippen MR) is 165 cm³/mol. The summed E-state index contributed by atoms with van der Waals surface area (Å²) in [4.78, 5) is 46.5. The first kappa shape index (κ1) is 29.2. The van der Waals surface area contributed by atoms with E-state index in [0.29, 0.717) is 47.0 Å². The zero-order chi connectivity index (χ0) is 30.5. The Morgan fingerprint density at radius 3 is 2.52 bits per heavy atom. The zero-order valence-electron chi connectivity index (χ0n) is 24.9. The van der Waals surface area contributed by atoms with Gasteiger partial charge in [-0.25, -0.2) is 19.7 Å². The largest absolute Gasteiger partial charge is 0.491 e. The molecular formula is C33H35N7O4. The number of nitrogens with one attached hydrogen (secondary N) is 1. The monoisotopic (exact) mass is 593 g/mol. The van der Waals surface area contributed by atoms with Gasteiger partial charge in [0, 0.05) is 29.3 Å². The highest BCUT2D eigenvalue weighted by Gasteiger charge is 2.28. The number of aromatic amines is 1. The van der Waals surface area contributed by atoms with Gasteiger partial charge in [0.2, 0.25) is 0 Å². The number of H-pyrrole nitrogens is 1. The van der Waals surface area contributed by atoms with E-state index in [0.717, 1.165) is 36.1 Å². The molecule has 226 valence electrons. The molecule has 0 spiro atoms. The van der Waals surface area contributed by atoms with Gasteiger partial charge in [0.25, 0.3) is 5.56 Å². The van der Waals surface area contributed by atoms with Crippen molar-refractivity contribution in [3.05, 3.63) is 93.2 Å². The minimum absolute atomic E-state index is 0.149. The van der Waals surface area contributed by atoms with Crippen molar-refractivity contribution in [2.24, 2.45) is 5.92 Å². The van der Waals surface area contributed by atoms with Crippen LogP contribution in [-0.4, -0.2) is 41.3 Å². The Morgan fingerprint density at radius 2 is 1.82 bits per heavy atom. The average molecular weight is 594 g/mol. The number of unbranched alkanes of at least 4 members (excludes halogenated alkanes) is 1. The molecule has 0 aliphatic heterocycles. The van der Waals surface area contributed by atoms with Gasteiger partial charge >= 0.3 is 5.76 Å². The molecule has 4 heterocycles. The molecule has 6 rings (SSSR count). The van der Waals surface area contributed by atoms with Crippen LogP contribution in [0, 0.1) is 5.92 Å². The first-order valence-electron chi connectivity index (χ1n) is 15.2. The van der Waals surface area contributed by atoms with E-state index in [1.807, 2.05) is 43.3 Å². The Labute approximate surface area is 254 Å². The van der Waals surface area contributed by atoms with Crippen LogP contribution >= 0.6 is 0 Å². The van der Waals surface area contributed by atoms with Gasteiger partial charge in [0.15, 0.2) is 23.2 Å². The number of aromatic nitrogens is 7. The second-order valence-corrected chi connectivity index (χ2v) is 11.2. The maximum Gasteiger partial charge on any atom is 0.439 e. The Morgan fingerprint density at radius 1 is 1.00 bits per heavy atom. The molecule has 44 heavy (non-hydrogen) atoms. The van der Waals surface area contributed by atoms with Gasteiger partial charge in [0.1, 0.15) is 0 Å². The molecule has 0 bridgehead atoms. The smallest absolute Gasteiger partial charge is 0.439 e. The summed E-state index contributed by atoms with van der Waals surface area (Å²) in [6.07, 6.45) is 11.9. The maximum atomic E-state index is 13.7. The molecule has 2 unspecified atom stereocenters. The Kier molecular flexibility index (Phi) is 8.71. The van der Waals surface area contributed by atoms with Crippen LogP contribution < -0.4 is 16.1 Å². The van der Waals surface area contributed by atoms with Crippen LogP contribution in [0.5, 0.6) is 5.75 Å². The third kappa shape index (κ3) is 6.36. The minimum Gasteiger partial charge on any atom is -0.491 e. The van der Waals surface area contributed by atoms with Crippen LogP contribution in [0.4, 0.5) is 0 Å². The van der Waals surface area contributed by atoms with Crippen LogP contribution in [0.15, 0.2) is 75.2 Å². The highest BCUT2D eigenvalue weighted by atomic mass is 16.5. The summed E-state index contributed by atoms with van der Waals surface area (Å²) in [6, 6.07) is 13.0. The summed E-state index contributed by atoms with van der Waals surface area (Å²) in [5.74, 6) is 1.98. The van der Waals surface area contributed by atoms with Crippen LogP contribution in [-0.2, 0) is 6.54 Å². The third-order valence-electron chi connectivity index (χ3n) is 8.16. The van der Waals surface area contributed by atoms with Crippen LogP contribution in [0.25, 0.3) is 34.3 Å². The normalized spacial score (nSPS) is 16.3. The Bertz CT molecular complexity index is 1830. The van der Waals surface area contributed by atoms with Gasteiger partial charge in [0.05, 0.1) is 36.9 Å². The van der Waals surface area contributed by atoms with E-state index in [9.17, 15) is 9.59 Å². The van der Waals surface area contributed by atoms with E-state index in [1.54, 1.807) is 29.2 Å². The summed E-state index contributed by atoms with van der Waals surface area (Å²) in [5, 5.41) is 3.83. The lowest BCUT2D eigenvalue weighted by Crippen LogP contribution is -2.25. The first-order chi connectivity index (χ1) is 21.5. The summed E-state index contributed by atoms with van der Waals surface area (Å²) >= 11 is 0. The molecule has 1 aliphatic rings. The van der Waals surface area contributed by atoms with Gasteiger partial charge in [-0.05, 0) is 43.7 Å². The minimum atomic E-state index is -0.625. The van der Waals surface area contributed by atoms with Crippen LogP contribution in [0.2, 0.25) is 0 Å². The van der Waals surface area contributed by atoms with Crippen molar-refractivity contribution >= 4 is 0 Å². The molecule has 0 saturated heterocycles. The lowest BCUT2D eigenvalue weighted by molar-refractivity contribution is 0.337. The van der Waals surface area contributed by atoms with Crippen molar-refractivity contribution in [3.63, 3.8) is 0 Å². The second-order valence-electron chi connectivity index (χ2n) is 11.2. The van der Waals surface area contributed by atoms with Gasteiger partial charge in [-0.2, -0.15) is 0 Å². The molecule has 11 heteroatoms. The fraction of sp³-hybridized carbons (Fsp3) is 0.364. The second kappa shape index (κ2) is 13.2. The van der Waals surface area contributed by atoms with Crippen molar-refractivity contribution in [2.75, 3.05) is 6.61 Å². The third-order valence-corrected chi connectivity index (χ3v) is 8.16. The van der Waals surface area contributed by atoms with E-state index in [4.69, 9.17) is 14.2 Å². The average Bonchev–Trinajstić information content (AvgIpc) is 3.71. The lowest BCUT2D eigenvalue weighted by atomic mass is 9.97. The van der Waals surface area contributed by atoms with Crippen molar-refractivity contribution < 1.29 is 9.26 Å². The molecule has 1 fully saturated rings. The highest BCUT2D eigenvalue weighted by Crippen LogP contribution is 2.40. The van der Waals surface area contributed by atoms with Gasteiger partial charge < -0.3 is 4.74 Å². The number of ether oxygens (including phenoxy) is 1. The van der Waals surface area contributed by atoms with Crippen LogP contribution in [0.3, 0.4) is 0 Å². The molecule has 1 aromatic carbocycles. The predicted octanol–water partition coefficient (Wildman–Crippen LogP) is 5.63. The van der Waals surface area contributed by atoms with Gasteiger partial charge in [-0.15, -0.1) is 0 Å². The van der Waals surface area contributed by atoms with E-state index >= 15 is 0 Å². The molecule has 0 amide bonds. The molecule has 4 aromatic heterocycles.